The highest BCUT2D eigenvalue weighted by atomic mass is 16.6. The van der Waals surface area contributed by atoms with Gasteiger partial charge in [0.05, 0.1) is 25.2 Å². The van der Waals surface area contributed by atoms with Crippen LogP contribution in [0.2, 0.25) is 0 Å². The average molecular weight is 371 g/mol. The molecule has 4 N–H and O–H groups in total. The Bertz CT molecular complexity index is 988. The van der Waals surface area contributed by atoms with E-state index in [9.17, 15) is 15.2 Å². The number of hydrogen-bond donors (Lipinski definition) is 3. The van der Waals surface area contributed by atoms with Gasteiger partial charge >= 0.3 is 5.69 Å². The first-order valence-electron chi connectivity index (χ1n) is 7.82. The Morgan fingerprint density at radius 1 is 1.19 bits per heavy atom. The first kappa shape index (κ1) is 18.1. The predicted molar refractivity (Wildman–Crippen MR) is 95.7 cm³/mol. The quantitative estimate of drug-likeness (QED) is 0.441. The summed E-state index contributed by atoms with van der Waals surface area (Å²) in [4.78, 5) is 14.6. The summed E-state index contributed by atoms with van der Waals surface area (Å²) in [6, 6.07) is 8.52. The van der Waals surface area contributed by atoms with Gasteiger partial charge in [-0.25, -0.2) is 4.98 Å². The standard InChI is InChI=1S/C17H17N5O5/c1-26-13-6-4-9(8-14(13)27-2)15(18)17-19-16(20-21-17)10-3-5-12(23)11(7-10)22(24)25/h3-8,15,23H,18H2,1-2H3,(H,19,20,21)/t15-/m0/s1. The molecule has 0 aliphatic carbocycles. The second-order valence-electron chi connectivity index (χ2n) is 5.60. The number of benzene rings is 2. The molecular weight excluding hydrogens is 354 g/mol. The largest absolute Gasteiger partial charge is 0.502 e. The van der Waals surface area contributed by atoms with Crippen molar-refractivity contribution in [3.63, 3.8) is 0 Å². The molecule has 0 fully saturated rings. The van der Waals surface area contributed by atoms with Crippen molar-refractivity contribution in [1.82, 2.24) is 15.2 Å². The molecule has 0 saturated carbocycles. The molecule has 3 rings (SSSR count). The van der Waals surface area contributed by atoms with Crippen molar-refractivity contribution in [2.24, 2.45) is 5.73 Å². The smallest absolute Gasteiger partial charge is 0.311 e. The van der Waals surface area contributed by atoms with Crippen LogP contribution in [-0.2, 0) is 0 Å². The Kier molecular flexibility index (Phi) is 4.90. The maximum atomic E-state index is 11.0. The van der Waals surface area contributed by atoms with Gasteiger partial charge in [0.25, 0.3) is 0 Å². The summed E-state index contributed by atoms with van der Waals surface area (Å²) in [7, 11) is 3.06. The molecule has 140 valence electrons. The van der Waals surface area contributed by atoms with Crippen molar-refractivity contribution in [2.45, 2.75) is 6.04 Å². The molecule has 0 radical (unpaired) electrons. The zero-order valence-corrected chi connectivity index (χ0v) is 14.5. The molecule has 0 spiro atoms. The summed E-state index contributed by atoms with van der Waals surface area (Å²) in [5.74, 6) is 1.26. The van der Waals surface area contributed by atoms with Crippen LogP contribution in [0.15, 0.2) is 36.4 Å². The SMILES string of the molecule is COc1ccc([C@H](N)c2nc(-c3ccc(O)c([N+](=O)[O-])c3)n[nH]2)cc1OC. The van der Waals surface area contributed by atoms with Crippen molar-refractivity contribution in [3.8, 4) is 28.6 Å². The zero-order chi connectivity index (χ0) is 19.6. The Labute approximate surface area is 153 Å². The molecule has 0 amide bonds. The molecule has 10 nitrogen and oxygen atoms in total. The summed E-state index contributed by atoms with van der Waals surface area (Å²) in [5.41, 5.74) is 6.91. The van der Waals surface area contributed by atoms with Crippen LogP contribution in [0.1, 0.15) is 17.4 Å². The lowest BCUT2D eigenvalue weighted by atomic mass is 10.1. The molecule has 10 heteroatoms. The zero-order valence-electron chi connectivity index (χ0n) is 14.5. The molecule has 0 bridgehead atoms. The van der Waals surface area contributed by atoms with Crippen molar-refractivity contribution < 1.29 is 19.5 Å². The van der Waals surface area contributed by atoms with Crippen molar-refractivity contribution >= 4 is 5.69 Å². The van der Waals surface area contributed by atoms with Gasteiger partial charge in [0.15, 0.2) is 23.1 Å². The normalized spacial score (nSPS) is 11.8. The first-order chi connectivity index (χ1) is 12.9. The highest BCUT2D eigenvalue weighted by Gasteiger charge is 2.19. The summed E-state index contributed by atoms with van der Waals surface area (Å²) in [6.45, 7) is 0. The Hall–Kier alpha value is -3.66. The lowest BCUT2D eigenvalue weighted by Crippen LogP contribution is -2.14. The molecule has 0 saturated heterocycles. The van der Waals surface area contributed by atoms with Gasteiger partial charge in [-0.05, 0) is 29.8 Å². The highest BCUT2D eigenvalue weighted by molar-refractivity contribution is 5.63. The Morgan fingerprint density at radius 2 is 1.93 bits per heavy atom. The number of phenols is 1. The van der Waals surface area contributed by atoms with Crippen molar-refractivity contribution in [1.29, 1.82) is 0 Å². The van der Waals surface area contributed by atoms with Crippen LogP contribution in [0.25, 0.3) is 11.4 Å². The number of phenolic OH excluding ortho intramolecular Hbond substituents is 1. The maximum Gasteiger partial charge on any atom is 0.311 e. The first-order valence-corrected chi connectivity index (χ1v) is 7.82. The van der Waals surface area contributed by atoms with Crippen LogP contribution < -0.4 is 15.2 Å². The number of nitrogens with zero attached hydrogens (tertiary/aromatic N) is 3. The molecular formula is C17H17N5O5. The van der Waals surface area contributed by atoms with Crippen LogP contribution in [0.5, 0.6) is 17.2 Å². The van der Waals surface area contributed by atoms with Crippen LogP contribution >= 0.6 is 0 Å². The van der Waals surface area contributed by atoms with E-state index < -0.39 is 22.4 Å². The van der Waals surface area contributed by atoms with E-state index >= 15 is 0 Å². The number of ether oxygens (including phenoxy) is 2. The minimum atomic E-state index is -0.679. The topological polar surface area (TPSA) is 149 Å². The summed E-state index contributed by atoms with van der Waals surface area (Å²) < 4.78 is 10.5. The number of nitro benzene ring substituents is 1. The average Bonchev–Trinajstić information content (AvgIpc) is 3.17. The van der Waals surface area contributed by atoms with Gasteiger partial charge in [-0.3, -0.25) is 15.2 Å². The Balaban J connectivity index is 1.92. The number of nitro groups is 1. The number of hydrogen-bond acceptors (Lipinski definition) is 8. The van der Waals surface area contributed by atoms with E-state index in [1.807, 2.05) is 0 Å². The number of nitrogens with one attached hydrogen (secondary N) is 1. The van der Waals surface area contributed by atoms with Gasteiger partial charge in [-0.1, -0.05) is 6.07 Å². The highest BCUT2D eigenvalue weighted by Crippen LogP contribution is 2.32. The number of rotatable bonds is 6. The van der Waals surface area contributed by atoms with Crippen molar-refractivity contribution in [3.05, 3.63) is 57.9 Å². The number of aromatic nitrogens is 3. The van der Waals surface area contributed by atoms with Gasteiger partial charge in [0.1, 0.15) is 5.82 Å². The fourth-order valence-electron chi connectivity index (χ4n) is 2.56. The van der Waals surface area contributed by atoms with E-state index in [0.29, 0.717) is 28.5 Å². The molecule has 1 aromatic heterocycles. The Morgan fingerprint density at radius 3 is 2.59 bits per heavy atom. The molecule has 2 aromatic carbocycles. The third kappa shape index (κ3) is 3.51. The van der Waals surface area contributed by atoms with E-state index in [1.165, 1.54) is 32.4 Å². The number of aromatic amines is 1. The molecule has 3 aromatic rings. The minimum Gasteiger partial charge on any atom is -0.502 e. The number of methoxy groups -OCH3 is 2. The third-order valence-corrected chi connectivity index (χ3v) is 3.99. The van der Waals surface area contributed by atoms with Crippen molar-refractivity contribution in [2.75, 3.05) is 14.2 Å². The fourth-order valence-corrected chi connectivity index (χ4v) is 2.56. The van der Waals surface area contributed by atoms with Gasteiger partial charge in [0, 0.05) is 11.6 Å². The van der Waals surface area contributed by atoms with Crippen LogP contribution in [0, 0.1) is 10.1 Å². The summed E-state index contributed by atoms with van der Waals surface area (Å²) in [6.07, 6.45) is 0. The van der Waals surface area contributed by atoms with E-state index in [-0.39, 0.29) is 5.82 Å². The monoisotopic (exact) mass is 371 g/mol. The van der Waals surface area contributed by atoms with E-state index in [2.05, 4.69) is 15.2 Å². The lowest BCUT2D eigenvalue weighted by Gasteiger charge is -2.13. The lowest BCUT2D eigenvalue weighted by molar-refractivity contribution is -0.385. The summed E-state index contributed by atoms with van der Waals surface area (Å²) in [5, 5.41) is 27.3. The predicted octanol–water partition coefficient (Wildman–Crippen LogP) is 2.15. The van der Waals surface area contributed by atoms with E-state index in [4.69, 9.17) is 15.2 Å². The molecule has 0 aliphatic heterocycles. The van der Waals surface area contributed by atoms with E-state index in [0.717, 1.165) is 0 Å². The van der Waals surface area contributed by atoms with Gasteiger partial charge in [0.2, 0.25) is 0 Å². The van der Waals surface area contributed by atoms with Gasteiger partial charge in [-0.2, -0.15) is 5.10 Å². The number of aromatic hydroxyl groups is 1. The number of H-pyrrole nitrogens is 1. The molecule has 0 unspecified atom stereocenters. The summed E-state index contributed by atoms with van der Waals surface area (Å²) >= 11 is 0. The fraction of sp³-hybridized carbons (Fsp3) is 0.176. The molecule has 0 aliphatic rings. The third-order valence-electron chi connectivity index (χ3n) is 3.99. The molecule has 27 heavy (non-hydrogen) atoms. The van der Waals surface area contributed by atoms with Gasteiger partial charge < -0.3 is 20.3 Å². The second-order valence-corrected chi connectivity index (χ2v) is 5.60. The second kappa shape index (κ2) is 7.30. The number of nitrogens with two attached hydrogens (primary N) is 1. The molecule has 1 atom stereocenters. The van der Waals surface area contributed by atoms with Gasteiger partial charge in [-0.15, -0.1) is 0 Å². The van der Waals surface area contributed by atoms with E-state index in [1.54, 1.807) is 18.2 Å². The maximum absolute atomic E-state index is 11.0. The molecule has 1 heterocycles. The van der Waals surface area contributed by atoms with Crippen LogP contribution in [0.3, 0.4) is 0 Å². The van der Waals surface area contributed by atoms with Crippen LogP contribution in [-0.4, -0.2) is 39.4 Å². The minimum absolute atomic E-state index is 0.226. The van der Waals surface area contributed by atoms with Crippen LogP contribution in [0.4, 0.5) is 5.69 Å².